The smallest absolute Gasteiger partial charge is 0.257 e. The number of nitrogens with one attached hydrogen (secondary N) is 1. The molecule has 0 saturated carbocycles. The molecule has 0 unspecified atom stereocenters. The molecule has 0 bridgehead atoms. The van der Waals surface area contributed by atoms with E-state index in [1.807, 2.05) is 12.1 Å². The van der Waals surface area contributed by atoms with Crippen molar-refractivity contribution in [2.75, 3.05) is 11.9 Å². The molecule has 1 heterocycles. The van der Waals surface area contributed by atoms with E-state index in [0.717, 1.165) is 26.9 Å². The molecule has 2 aromatic carbocycles. The number of amides is 1. The van der Waals surface area contributed by atoms with Crippen LogP contribution in [0.1, 0.15) is 30.6 Å². The largest absolute Gasteiger partial charge is 0.492 e. The molecule has 26 heavy (non-hydrogen) atoms. The third kappa shape index (κ3) is 4.75. The van der Waals surface area contributed by atoms with E-state index in [1.54, 1.807) is 24.3 Å². The Labute approximate surface area is 169 Å². The summed E-state index contributed by atoms with van der Waals surface area (Å²) in [6.07, 6.45) is 0.982. The second-order valence-electron chi connectivity index (χ2n) is 6.26. The fraction of sp³-hybridized carbons (Fsp3) is 0.263. The number of ether oxygens (including phenoxy) is 1. The van der Waals surface area contributed by atoms with E-state index in [1.165, 1.54) is 11.3 Å². The second-order valence-corrected chi connectivity index (χ2v) is 8.58. The summed E-state index contributed by atoms with van der Waals surface area (Å²) in [6.45, 7) is 4.96. The van der Waals surface area contributed by atoms with Crippen molar-refractivity contribution in [1.82, 2.24) is 4.98 Å². The number of hydrogen-bond donors (Lipinski definition) is 1. The minimum Gasteiger partial charge on any atom is -0.492 e. The van der Waals surface area contributed by atoms with Crippen molar-refractivity contribution in [3.8, 4) is 5.75 Å². The summed E-state index contributed by atoms with van der Waals surface area (Å²) in [5.74, 6) is 1.10. The third-order valence-corrected chi connectivity index (χ3v) is 5.51. The van der Waals surface area contributed by atoms with Crippen molar-refractivity contribution in [2.24, 2.45) is 5.92 Å². The van der Waals surface area contributed by atoms with Crippen molar-refractivity contribution in [3.05, 3.63) is 51.5 Å². The molecule has 1 amide bonds. The minimum absolute atomic E-state index is 0.218. The highest BCUT2D eigenvalue weighted by atomic mass is 79.9. The number of rotatable bonds is 6. The predicted molar refractivity (Wildman–Crippen MR) is 112 cm³/mol. The number of hydrogen-bond acceptors (Lipinski definition) is 4. The van der Waals surface area contributed by atoms with Gasteiger partial charge < -0.3 is 4.74 Å². The Morgan fingerprint density at radius 1 is 1.31 bits per heavy atom. The van der Waals surface area contributed by atoms with Gasteiger partial charge in [0.25, 0.3) is 5.91 Å². The number of anilines is 1. The van der Waals surface area contributed by atoms with Gasteiger partial charge in [0.05, 0.1) is 21.3 Å². The molecule has 7 heteroatoms. The maximum atomic E-state index is 12.5. The van der Waals surface area contributed by atoms with E-state index in [0.29, 0.717) is 28.2 Å². The molecule has 1 aromatic heterocycles. The molecule has 4 nitrogen and oxygen atoms in total. The van der Waals surface area contributed by atoms with Crippen LogP contribution in [0.4, 0.5) is 5.13 Å². The SMILES string of the molecule is CC(C)CCOc1ccc(C(=O)Nc2nc3ccc(Cl)cc3s2)cc1Br. The molecule has 0 spiro atoms. The van der Waals surface area contributed by atoms with Gasteiger partial charge >= 0.3 is 0 Å². The lowest BCUT2D eigenvalue weighted by atomic mass is 10.1. The van der Waals surface area contributed by atoms with Crippen molar-refractivity contribution < 1.29 is 9.53 Å². The topological polar surface area (TPSA) is 51.2 Å². The van der Waals surface area contributed by atoms with Crippen LogP contribution in [0.3, 0.4) is 0 Å². The van der Waals surface area contributed by atoms with Crippen LogP contribution in [-0.2, 0) is 0 Å². The van der Waals surface area contributed by atoms with Gasteiger partial charge in [-0.25, -0.2) is 4.98 Å². The first-order valence-corrected chi connectivity index (χ1v) is 10.2. The fourth-order valence-electron chi connectivity index (χ4n) is 2.28. The van der Waals surface area contributed by atoms with Crippen molar-refractivity contribution >= 4 is 60.1 Å². The molecule has 0 aliphatic heterocycles. The van der Waals surface area contributed by atoms with Crippen molar-refractivity contribution in [2.45, 2.75) is 20.3 Å². The maximum Gasteiger partial charge on any atom is 0.257 e. The number of nitrogens with zero attached hydrogens (tertiary/aromatic N) is 1. The van der Waals surface area contributed by atoms with Crippen LogP contribution in [0.25, 0.3) is 10.2 Å². The number of thiazole rings is 1. The van der Waals surface area contributed by atoms with Crippen LogP contribution < -0.4 is 10.1 Å². The minimum atomic E-state index is -0.218. The molecule has 3 aromatic rings. The standard InChI is InChI=1S/C19H18BrClN2O2S/c1-11(2)7-8-25-16-6-3-12(9-14(16)20)18(24)23-19-22-15-5-4-13(21)10-17(15)26-19/h3-6,9-11H,7-8H2,1-2H3,(H,22,23,24). The zero-order chi connectivity index (χ0) is 18.7. The molecule has 0 aliphatic rings. The van der Waals surface area contributed by atoms with Crippen LogP contribution in [-0.4, -0.2) is 17.5 Å². The summed E-state index contributed by atoms with van der Waals surface area (Å²) in [5, 5.41) is 4.03. The monoisotopic (exact) mass is 452 g/mol. The van der Waals surface area contributed by atoms with Crippen LogP contribution in [0.5, 0.6) is 5.75 Å². The Morgan fingerprint density at radius 2 is 2.12 bits per heavy atom. The third-order valence-electron chi connectivity index (χ3n) is 3.72. The van der Waals surface area contributed by atoms with Gasteiger partial charge in [-0.3, -0.25) is 10.1 Å². The lowest BCUT2D eigenvalue weighted by Crippen LogP contribution is -2.11. The Morgan fingerprint density at radius 3 is 2.85 bits per heavy atom. The van der Waals surface area contributed by atoms with E-state index in [-0.39, 0.29) is 5.91 Å². The molecule has 0 radical (unpaired) electrons. The summed E-state index contributed by atoms with van der Waals surface area (Å²) >= 11 is 10.9. The lowest BCUT2D eigenvalue weighted by Gasteiger charge is -2.10. The molecule has 0 saturated heterocycles. The summed E-state index contributed by atoms with van der Waals surface area (Å²) in [4.78, 5) is 16.9. The molecule has 136 valence electrons. The number of carbonyl (C=O) groups excluding carboxylic acids is 1. The highest BCUT2D eigenvalue weighted by molar-refractivity contribution is 9.10. The summed E-state index contributed by atoms with van der Waals surface area (Å²) in [6, 6.07) is 10.8. The van der Waals surface area contributed by atoms with Gasteiger partial charge in [0, 0.05) is 10.6 Å². The Hall–Kier alpha value is -1.63. The maximum absolute atomic E-state index is 12.5. The Kier molecular flexibility index (Phi) is 6.16. The van der Waals surface area contributed by atoms with Crippen LogP contribution >= 0.6 is 38.9 Å². The van der Waals surface area contributed by atoms with Gasteiger partial charge in [-0.15, -0.1) is 0 Å². The highest BCUT2D eigenvalue weighted by Crippen LogP contribution is 2.30. The Bertz CT molecular complexity index is 942. The number of carbonyl (C=O) groups is 1. The van der Waals surface area contributed by atoms with Gasteiger partial charge in [0.1, 0.15) is 5.75 Å². The summed E-state index contributed by atoms with van der Waals surface area (Å²) in [5.41, 5.74) is 1.34. The van der Waals surface area contributed by atoms with Gasteiger partial charge in [-0.1, -0.05) is 36.8 Å². The van der Waals surface area contributed by atoms with Crippen LogP contribution in [0.15, 0.2) is 40.9 Å². The van der Waals surface area contributed by atoms with E-state index in [2.05, 4.69) is 40.1 Å². The van der Waals surface area contributed by atoms with E-state index in [4.69, 9.17) is 16.3 Å². The quantitative estimate of drug-likeness (QED) is 0.470. The van der Waals surface area contributed by atoms with Crippen LogP contribution in [0.2, 0.25) is 5.02 Å². The number of fused-ring (bicyclic) bond motifs is 1. The normalized spacial score (nSPS) is 11.1. The molecule has 0 aliphatic carbocycles. The highest BCUT2D eigenvalue weighted by Gasteiger charge is 2.12. The molecule has 3 rings (SSSR count). The molecule has 0 fully saturated rings. The van der Waals surface area contributed by atoms with Gasteiger partial charge in [0.15, 0.2) is 5.13 Å². The fourth-order valence-corrected chi connectivity index (χ4v) is 3.92. The van der Waals surface area contributed by atoms with E-state index >= 15 is 0 Å². The van der Waals surface area contributed by atoms with Crippen molar-refractivity contribution in [1.29, 1.82) is 0 Å². The van der Waals surface area contributed by atoms with E-state index < -0.39 is 0 Å². The number of aromatic nitrogens is 1. The zero-order valence-electron chi connectivity index (χ0n) is 14.4. The zero-order valence-corrected chi connectivity index (χ0v) is 17.5. The number of halogens is 2. The Balaban J connectivity index is 1.69. The van der Waals surface area contributed by atoms with Crippen LogP contribution in [0, 0.1) is 5.92 Å². The van der Waals surface area contributed by atoms with Gasteiger partial charge in [-0.05, 0) is 64.7 Å². The first-order chi connectivity index (χ1) is 12.4. The number of benzene rings is 2. The van der Waals surface area contributed by atoms with Gasteiger partial charge in [-0.2, -0.15) is 0 Å². The van der Waals surface area contributed by atoms with E-state index in [9.17, 15) is 4.79 Å². The van der Waals surface area contributed by atoms with Crippen molar-refractivity contribution in [3.63, 3.8) is 0 Å². The first kappa shape index (κ1) is 19.1. The molecular weight excluding hydrogens is 436 g/mol. The van der Waals surface area contributed by atoms with Gasteiger partial charge in [0.2, 0.25) is 0 Å². The molecule has 0 atom stereocenters. The lowest BCUT2D eigenvalue weighted by molar-refractivity contribution is 0.102. The summed E-state index contributed by atoms with van der Waals surface area (Å²) < 4.78 is 7.44. The average molecular weight is 454 g/mol. The predicted octanol–water partition coefficient (Wildman–Crippen LogP) is 6.39. The molecule has 1 N–H and O–H groups in total. The summed E-state index contributed by atoms with van der Waals surface area (Å²) in [7, 11) is 0. The first-order valence-electron chi connectivity index (χ1n) is 8.22. The molecular formula is C19H18BrClN2O2S. The average Bonchev–Trinajstić information content (AvgIpc) is 2.97. The second kappa shape index (κ2) is 8.37.